The van der Waals surface area contributed by atoms with Gasteiger partial charge in [-0.15, -0.1) is 11.3 Å². The van der Waals surface area contributed by atoms with E-state index in [4.69, 9.17) is 4.42 Å². The normalized spacial score (nSPS) is 12.9. The zero-order valence-electron chi connectivity index (χ0n) is 11.1. The Hall–Kier alpha value is -0.890. The lowest BCUT2D eigenvalue weighted by Gasteiger charge is -2.16. The first-order chi connectivity index (χ1) is 10.1. The molecule has 0 bridgehead atoms. The maximum atomic E-state index is 11.3. The molecular weight excluding hydrogens is 420 g/mol. The fourth-order valence-corrected chi connectivity index (χ4v) is 4.43. The molecular formula is C14H12Br2N2O2S. The quantitative estimate of drug-likeness (QED) is 0.643. The number of benzene rings is 1. The van der Waals surface area contributed by atoms with Gasteiger partial charge in [-0.2, -0.15) is 0 Å². The number of halogens is 2. The van der Waals surface area contributed by atoms with E-state index in [-0.39, 0.29) is 6.04 Å². The summed E-state index contributed by atoms with van der Waals surface area (Å²) in [6.07, 6.45) is 0. The van der Waals surface area contributed by atoms with Crippen molar-refractivity contribution in [1.82, 2.24) is 10.3 Å². The molecule has 0 spiro atoms. The van der Waals surface area contributed by atoms with Crippen LogP contribution in [-0.2, 0) is 0 Å². The van der Waals surface area contributed by atoms with Crippen molar-refractivity contribution in [3.63, 3.8) is 0 Å². The van der Waals surface area contributed by atoms with E-state index >= 15 is 0 Å². The number of aromatic amines is 1. The fourth-order valence-electron chi connectivity index (χ4n) is 2.23. The molecule has 3 rings (SSSR count). The summed E-state index contributed by atoms with van der Waals surface area (Å²) in [6, 6.07) is 7.94. The Bertz CT molecular complexity index is 817. The van der Waals surface area contributed by atoms with Crippen molar-refractivity contribution in [3.8, 4) is 0 Å². The van der Waals surface area contributed by atoms with Crippen molar-refractivity contribution in [2.45, 2.75) is 13.0 Å². The van der Waals surface area contributed by atoms with E-state index in [1.54, 1.807) is 11.3 Å². The summed E-state index contributed by atoms with van der Waals surface area (Å²) in [6.45, 7) is 2.91. The molecule has 3 aromatic rings. The van der Waals surface area contributed by atoms with Crippen LogP contribution < -0.4 is 11.1 Å². The molecule has 2 aromatic heterocycles. The van der Waals surface area contributed by atoms with Crippen LogP contribution in [0.3, 0.4) is 0 Å². The van der Waals surface area contributed by atoms with Gasteiger partial charge in [-0.3, -0.25) is 4.98 Å². The fraction of sp³-hybridized carbons (Fsp3) is 0.214. The maximum absolute atomic E-state index is 11.3. The lowest BCUT2D eigenvalue weighted by Crippen LogP contribution is -2.20. The Balaban J connectivity index is 2.07. The molecule has 1 atom stereocenters. The van der Waals surface area contributed by atoms with E-state index in [1.165, 1.54) is 4.88 Å². The third-order valence-corrected chi connectivity index (χ3v) is 6.46. The Morgan fingerprint density at radius 1 is 1.38 bits per heavy atom. The van der Waals surface area contributed by atoms with Gasteiger partial charge in [-0.05, 0) is 62.2 Å². The second kappa shape index (κ2) is 6.08. The van der Waals surface area contributed by atoms with Gasteiger partial charge in [0.05, 0.1) is 15.3 Å². The number of rotatable bonds is 4. The van der Waals surface area contributed by atoms with Gasteiger partial charge in [0.25, 0.3) is 0 Å². The highest BCUT2D eigenvalue weighted by molar-refractivity contribution is 9.13. The summed E-state index contributed by atoms with van der Waals surface area (Å²) >= 11 is 8.73. The van der Waals surface area contributed by atoms with Crippen molar-refractivity contribution in [3.05, 3.63) is 53.5 Å². The van der Waals surface area contributed by atoms with E-state index in [2.05, 4.69) is 55.2 Å². The molecule has 0 amide bonds. The first kappa shape index (κ1) is 15.0. The molecule has 7 heteroatoms. The van der Waals surface area contributed by atoms with Gasteiger partial charge >= 0.3 is 5.76 Å². The minimum absolute atomic E-state index is 0.0622. The third kappa shape index (κ3) is 3.01. The highest BCUT2D eigenvalue weighted by Crippen LogP contribution is 2.38. The molecule has 0 aliphatic rings. The Kier molecular flexibility index (Phi) is 4.35. The molecule has 0 aliphatic heterocycles. The molecule has 0 saturated heterocycles. The summed E-state index contributed by atoms with van der Waals surface area (Å²) in [7, 11) is 0. The standard InChI is InChI=1S/C14H12Br2N2O2S/c1-2-17-12(11-6-8(15)13(16)21-11)7-3-4-9-10(5-7)20-14(19)18-9/h3-6,12,17H,2H2,1H3,(H,18,19). The van der Waals surface area contributed by atoms with Gasteiger partial charge in [0.1, 0.15) is 0 Å². The number of H-pyrrole nitrogens is 1. The summed E-state index contributed by atoms with van der Waals surface area (Å²) in [5.41, 5.74) is 2.36. The average Bonchev–Trinajstić information content (AvgIpc) is 2.97. The monoisotopic (exact) mass is 430 g/mol. The molecule has 21 heavy (non-hydrogen) atoms. The SMILES string of the molecule is CCNC(c1ccc2[nH]c(=O)oc2c1)c1cc(Br)c(Br)s1. The number of oxazole rings is 1. The summed E-state index contributed by atoms with van der Waals surface area (Å²) in [5.74, 6) is -0.427. The molecule has 0 fully saturated rings. The van der Waals surface area contributed by atoms with Crippen LogP contribution in [0, 0.1) is 0 Å². The van der Waals surface area contributed by atoms with Crippen LogP contribution in [-0.4, -0.2) is 11.5 Å². The Morgan fingerprint density at radius 3 is 2.86 bits per heavy atom. The molecule has 4 nitrogen and oxygen atoms in total. The van der Waals surface area contributed by atoms with Crippen LogP contribution in [0.4, 0.5) is 0 Å². The van der Waals surface area contributed by atoms with E-state index in [1.807, 2.05) is 18.2 Å². The third-order valence-electron chi connectivity index (χ3n) is 3.14. The second-order valence-electron chi connectivity index (χ2n) is 4.53. The highest BCUT2D eigenvalue weighted by atomic mass is 79.9. The van der Waals surface area contributed by atoms with E-state index in [0.717, 1.165) is 20.4 Å². The highest BCUT2D eigenvalue weighted by Gasteiger charge is 2.18. The number of fused-ring (bicyclic) bond motifs is 1. The summed E-state index contributed by atoms with van der Waals surface area (Å²) in [4.78, 5) is 15.1. The topological polar surface area (TPSA) is 58.0 Å². The number of nitrogens with one attached hydrogen (secondary N) is 2. The Morgan fingerprint density at radius 2 is 2.19 bits per heavy atom. The number of thiophene rings is 1. The van der Waals surface area contributed by atoms with Crippen molar-refractivity contribution >= 4 is 54.3 Å². The van der Waals surface area contributed by atoms with Crippen molar-refractivity contribution in [1.29, 1.82) is 0 Å². The van der Waals surface area contributed by atoms with Crippen LogP contribution in [0.1, 0.15) is 23.4 Å². The first-order valence-corrected chi connectivity index (χ1v) is 8.79. The first-order valence-electron chi connectivity index (χ1n) is 6.39. The zero-order valence-corrected chi connectivity index (χ0v) is 15.1. The minimum Gasteiger partial charge on any atom is -0.408 e. The lowest BCUT2D eigenvalue weighted by atomic mass is 10.0. The predicted molar refractivity (Wildman–Crippen MR) is 92.1 cm³/mol. The molecule has 1 aromatic carbocycles. The molecule has 1 unspecified atom stereocenters. The Labute approximate surface area is 141 Å². The van der Waals surface area contributed by atoms with Gasteiger partial charge < -0.3 is 9.73 Å². The van der Waals surface area contributed by atoms with E-state index < -0.39 is 5.76 Å². The van der Waals surface area contributed by atoms with Crippen LogP contribution in [0.5, 0.6) is 0 Å². The van der Waals surface area contributed by atoms with Crippen LogP contribution >= 0.6 is 43.2 Å². The smallest absolute Gasteiger partial charge is 0.408 e. The largest absolute Gasteiger partial charge is 0.417 e. The molecule has 2 N–H and O–H groups in total. The van der Waals surface area contributed by atoms with Gasteiger partial charge in [0.15, 0.2) is 5.58 Å². The average molecular weight is 432 g/mol. The van der Waals surface area contributed by atoms with Crippen LogP contribution in [0.25, 0.3) is 11.1 Å². The van der Waals surface area contributed by atoms with Gasteiger partial charge in [0, 0.05) is 9.35 Å². The minimum atomic E-state index is -0.427. The van der Waals surface area contributed by atoms with E-state index in [0.29, 0.717) is 11.1 Å². The lowest BCUT2D eigenvalue weighted by molar-refractivity contribution is 0.554. The van der Waals surface area contributed by atoms with Gasteiger partial charge in [-0.25, -0.2) is 4.79 Å². The second-order valence-corrected chi connectivity index (χ2v) is 7.79. The van der Waals surface area contributed by atoms with Crippen LogP contribution in [0.15, 0.2) is 41.7 Å². The summed E-state index contributed by atoms with van der Waals surface area (Å²) in [5, 5.41) is 3.47. The van der Waals surface area contributed by atoms with Gasteiger partial charge in [0.2, 0.25) is 0 Å². The van der Waals surface area contributed by atoms with Crippen molar-refractivity contribution in [2.24, 2.45) is 0 Å². The molecule has 0 aliphatic carbocycles. The molecule has 2 heterocycles. The number of hydrogen-bond acceptors (Lipinski definition) is 4. The zero-order chi connectivity index (χ0) is 15.0. The molecule has 0 saturated carbocycles. The molecule has 110 valence electrons. The van der Waals surface area contributed by atoms with Gasteiger partial charge in [-0.1, -0.05) is 13.0 Å². The predicted octanol–water partition coefficient (Wildman–Crippen LogP) is 4.41. The van der Waals surface area contributed by atoms with E-state index in [9.17, 15) is 4.79 Å². The molecule has 0 radical (unpaired) electrons. The van der Waals surface area contributed by atoms with Crippen molar-refractivity contribution < 1.29 is 4.42 Å². The maximum Gasteiger partial charge on any atom is 0.417 e. The van der Waals surface area contributed by atoms with Crippen LogP contribution in [0.2, 0.25) is 0 Å². The number of hydrogen-bond donors (Lipinski definition) is 2. The summed E-state index contributed by atoms with van der Waals surface area (Å²) < 4.78 is 7.25. The number of aromatic nitrogens is 1. The van der Waals surface area contributed by atoms with Crippen molar-refractivity contribution in [2.75, 3.05) is 6.54 Å².